The van der Waals surface area contributed by atoms with Gasteiger partial charge in [0.15, 0.2) is 0 Å². The molecule has 38 heavy (non-hydrogen) atoms. The minimum atomic E-state index is 0.615. The van der Waals surface area contributed by atoms with Crippen LogP contribution in [0.2, 0.25) is 0 Å². The van der Waals surface area contributed by atoms with E-state index in [1.165, 1.54) is 18.4 Å². The van der Waals surface area contributed by atoms with E-state index in [1.54, 1.807) is 6.33 Å². The number of hydrogen-bond acceptors (Lipinski definition) is 7. The molecule has 5 heterocycles. The normalized spacial score (nSPS) is 14.7. The maximum absolute atomic E-state index is 6.12. The van der Waals surface area contributed by atoms with Crippen LogP contribution in [0.25, 0.3) is 28.2 Å². The highest BCUT2D eigenvalue weighted by Crippen LogP contribution is 2.25. The number of hydrogen-bond donors (Lipinski definition) is 1. The maximum Gasteiger partial charge on any atom is 0.140 e. The molecule has 1 aromatic carbocycles. The lowest BCUT2D eigenvalue weighted by atomic mass is 9.98. The third kappa shape index (κ3) is 5.38. The second-order valence-electron chi connectivity index (χ2n) is 10.0. The first-order chi connectivity index (χ1) is 18.6. The van der Waals surface area contributed by atoms with Crippen molar-refractivity contribution in [1.82, 2.24) is 34.0 Å². The van der Waals surface area contributed by atoms with E-state index >= 15 is 0 Å². The molecular formula is C29H32N8O. The fraction of sp³-hybridized carbons (Fsp3) is 0.310. The number of fused-ring (bicyclic) bond motifs is 1. The molecule has 0 aliphatic carbocycles. The summed E-state index contributed by atoms with van der Waals surface area (Å²) >= 11 is 0. The number of imidazole rings is 1. The molecule has 1 saturated heterocycles. The number of aromatic nitrogens is 6. The topological polar surface area (TPSA) is 85.4 Å². The average molecular weight is 509 g/mol. The first kappa shape index (κ1) is 24.1. The van der Waals surface area contributed by atoms with E-state index in [4.69, 9.17) is 4.74 Å². The summed E-state index contributed by atoms with van der Waals surface area (Å²) in [6.07, 6.45) is 11.7. The third-order valence-electron chi connectivity index (χ3n) is 7.20. The van der Waals surface area contributed by atoms with E-state index in [2.05, 4.69) is 61.6 Å². The second kappa shape index (κ2) is 10.6. The van der Waals surface area contributed by atoms with Crippen molar-refractivity contribution in [2.24, 2.45) is 13.0 Å². The van der Waals surface area contributed by atoms with Crippen LogP contribution in [0.1, 0.15) is 18.4 Å². The number of nitrogens with one attached hydrogen (secondary N) is 1. The number of nitrogens with zero attached hydrogens (tertiary/aromatic N) is 7. The van der Waals surface area contributed by atoms with Crippen LogP contribution in [0.5, 0.6) is 5.75 Å². The van der Waals surface area contributed by atoms with Crippen molar-refractivity contribution in [3.63, 3.8) is 0 Å². The van der Waals surface area contributed by atoms with Gasteiger partial charge in [-0.15, -0.1) is 0 Å². The molecule has 0 atom stereocenters. The summed E-state index contributed by atoms with van der Waals surface area (Å²) in [6.45, 7) is 3.70. The number of likely N-dealkylation sites (tertiary alicyclic amines) is 1. The standard InChI is InChI=1S/C29H32N8O/c1-35-10-7-22(8-11-35)19-38-25-9-12-37-27(17-31-29(37)13-25)26-14-28(33-20-32-26)30-15-21-3-5-23(6-4-21)24-16-34-36(2)18-24/h3-6,9,12-14,16-18,20,22H,7-8,10-11,15,19H2,1-2H3,(H,30,32,33). The molecule has 9 heteroatoms. The SMILES string of the molecule is CN1CCC(COc2ccn3c(-c4cc(NCc5ccc(-c6cnn(C)c6)cc5)ncn4)cnc3c2)CC1. The quantitative estimate of drug-likeness (QED) is 0.330. The molecule has 194 valence electrons. The first-order valence-corrected chi connectivity index (χ1v) is 13.0. The molecule has 4 aromatic heterocycles. The van der Waals surface area contributed by atoms with Gasteiger partial charge in [0.25, 0.3) is 0 Å². The molecule has 0 saturated carbocycles. The number of benzene rings is 1. The lowest BCUT2D eigenvalue weighted by Crippen LogP contribution is -2.32. The van der Waals surface area contributed by atoms with Gasteiger partial charge in [-0.2, -0.15) is 5.10 Å². The molecule has 6 rings (SSSR count). The van der Waals surface area contributed by atoms with Crippen LogP contribution in [-0.2, 0) is 13.6 Å². The van der Waals surface area contributed by atoms with E-state index in [-0.39, 0.29) is 0 Å². The molecule has 0 bridgehead atoms. The second-order valence-corrected chi connectivity index (χ2v) is 10.0. The maximum atomic E-state index is 6.12. The Morgan fingerprint density at radius 2 is 1.79 bits per heavy atom. The van der Waals surface area contributed by atoms with Crippen molar-refractivity contribution in [3.8, 4) is 28.3 Å². The van der Waals surface area contributed by atoms with Gasteiger partial charge in [0.2, 0.25) is 0 Å². The van der Waals surface area contributed by atoms with Crippen LogP contribution in [0, 0.1) is 5.92 Å². The molecular weight excluding hydrogens is 476 g/mol. The number of pyridine rings is 1. The first-order valence-electron chi connectivity index (χ1n) is 13.0. The van der Waals surface area contributed by atoms with Gasteiger partial charge in [-0.1, -0.05) is 24.3 Å². The summed E-state index contributed by atoms with van der Waals surface area (Å²) in [6, 6.07) is 14.4. The molecule has 0 spiro atoms. The average Bonchev–Trinajstić information content (AvgIpc) is 3.58. The number of piperidine rings is 1. The molecule has 0 amide bonds. The Hall–Kier alpha value is -4.24. The predicted molar refractivity (Wildman–Crippen MR) is 148 cm³/mol. The van der Waals surface area contributed by atoms with E-state index in [1.807, 2.05) is 59.1 Å². The molecule has 0 unspecified atom stereocenters. The monoisotopic (exact) mass is 508 g/mol. The zero-order chi connectivity index (χ0) is 25.9. The van der Waals surface area contributed by atoms with E-state index in [0.717, 1.165) is 59.4 Å². The third-order valence-corrected chi connectivity index (χ3v) is 7.20. The lowest BCUT2D eigenvalue weighted by molar-refractivity contribution is 0.160. The van der Waals surface area contributed by atoms with Gasteiger partial charge in [-0.05, 0) is 56.1 Å². The van der Waals surface area contributed by atoms with Crippen molar-refractivity contribution >= 4 is 11.5 Å². The highest BCUT2D eigenvalue weighted by molar-refractivity contribution is 5.64. The Morgan fingerprint density at radius 3 is 2.58 bits per heavy atom. The van der Waals surface area contributed by atoms with Gasteiger partial charge in [0, 0.05) is 43.7 Å². The largest absolute Gasteiger partial charge is 0.493 e. The van der Waals surface area contributed by atoms with Crippen LogP contribution in [0.15, 0.2) is 73.6 Å². The Morgan fingerprint density at radius 1 is 0.947 bits per heavy atom. The van der Waals surface area contributed by atoms with Gasteiger partial charge in [0.1, 0.15) is 23.5 Å². The molecule has 1 fully saturated rings. The summed E-state index contributed by atoms with van der Waals surface area (Å²) < 4.78 is 9.96. The van der Waals surface area contributed by atoms with Crippen LogP contribution >= 0.6 is 0 Å². The number of aryl methyl sites for hydroxylation is 1. The van der Waals surface area contributed by atoms with Gasteiger partial charge in [0.05, 0.1) is 30.4 Å². The number of rotatable bonds is 8. The summed E-state index contributed by atoms with van der Waals surface area (Å²) in [5, 5.41) is 7.66. The van der Waals surface area contributed by atoms with Crippen molar-refractivity contribution in [2.45, 2.75) is 19.4 Å². The zero-order valence-corrected chi connectivity index (χ0v) is 21.8. The lowest BCUT2D eigenvalue weighted by Gasteiger charge is -2.28. The molecule has 1 aliphatic heterocycles. The fourth-order valence-corrected chi connectivity index (χ4v) is 4.86. The van der Waals surface area contributed by atoms with Gasteiger partial charge < -0.3 is 15.0 Å². The fourth-order valence-electron chi connectivity index (χ4n) is 4.86. The summed E-state index contributed by atoms with van der Waals surface area (Å²) in [5.41, 5.74) is 5.98. The van der Waals surface area contributed by atoms with Crippen LogP contribution in [0.3, 0.4) is 0 Å². The minimum absolute atomic E-state index is 0.615. The van der Waals surface area contributed by atoms with E-state index in [0.29, 0.717) is 12.5 Å². The minimum Gasteiger partial charge on any atom is -0.493 e. The highest BCUT2D eigenvalue weighted by Gasteiger charge is 2.17. The molecule has 9 nitrogen and oxygen atoms in total. The Kier molecular flexibility index (Phi) is 6.75. The van der Waals surface area contributed by atoms with Crippen LogP contribution in [0.4, 0.5) is 5.82 Å². The van der Waals surface area contributed by atoms with Crippen LogP contribution < -0.4 is 10.1 Å². The Labute approximate surface area is 222 Å². The number of anilines is 1. The molecule has 1 N–H and O–H groups in total. The predicted octanol–water partition coefficient (Wildman–Crippen LogP) is 4.52. The van der Waals surface area contributed by atoms with Crippen LogP contribution in [-0.4, -0.2) is 60.8 Å². The molecule has 5 aromatic rings. The van der Waals surface area contributed by atoms with E-state index in [9.17, 15) is 0 Å². The Bertz CT molecular complexity index is 1520. The number of ether oxygens (including phenoxy) is 1. The van der Waals surface area contributed by atoms with Crippen molar-refractivity contribution in [3.05, 3.63) is 79.1 Å². The zero-order valence-electron chi connectivity index (χ0n) is 21.8. The van der Waals surface area contributed by atoms with Crippen molar-refractivity contribution < 1.29 is 4.74 Å². The molecule has 0 radical (unpaired) electrons. The summed E-state index contributed by atoms with van der Waals surface area (Å²) in [4.78, 5) is 15.9. The summed E-state index contributed by atoms with van der Waals surface area (Å²) in [7, 11) is 4.11. The smallest absolute Gasteiger partial charge is 0.140 e. The van der Waals surface area contributed by atoms with Gasteiger partial charge in [-0.25, -0.2) is 15.0 Å². The van der Waals surface area contributed by atoms with Gasteiger partial charge in [-0.3, -0.25) is 9.08 Å². The van der Waals surface area contributed by atoms with Crippen molar-refractivity contribution in [1.29, 1.82) is 0 Å². The summed E-state index contributed by atoms with van der Waals surface area (Å²) in [5.74, 6) is 2.23. The highest BCUT2D eigenvalue weighted by atomic mass is 16.5. The van der Waals surface area contributed by atoms with E-state index < -0.39 is 0 Å². The Balaban J connectivity index is 1.10. The van der Waals surface area contributed by atoms with Crippen molar-refractivity contribution in [2.75, 3.05) is 32.1 Å². The van der Waals surface area contributed by atoms with Gasteiger partial charge >= 0.3 is 0 Å². The molecule has 1 aliphatic rings.